The summed E-state index contributed by atoms with van der Waals surface area (Å²) in [5, 5.41) is 0.354. The minimum absolute atomic E-state index is 0.176. The van der Waals surface area contributed by atoms with Crippen molar-refractivity contribution >= 4 is 35.2 Å². The summed E-state index contributed by atoms with van der Waals surface area (Å²) in [6, 6.07) is 2.96. The van der Waals surface area contributed by atoms with E-state index >= 15 is 0 Å². The van der Waals surface area contributed by atoms with Gasteiger partial charge in [0.05, 0.1) is 6.61 Å². The molecule has 0 spiro atoms. The van der Waals surface area contributed by atoms with E-state index in [0.717, 1.165) is 0 Å². The number of piperazine rings is 1. The molecule has 1 saturated heterocycles. The molecule has 1 aromatic heterocycles. The van der Waals surface area contributed by atoms with Gasteiger partial charge < -0.3 is 14.5 Å². The van der Waals surface area contributed by atoms with E-state index in [4.69, 9.17) is 27.9 Å². The Morgan fingerprint density at radius 1 is 1.14 bits per heavy atom. The van der Waals surface area contributed by atoms with E-state index in [9.17, 15) is 9.59 Å². The van der Waals surface area contributed by atoms with Gasteiger partial charge in [-0.25, -0.2) is 9.78 Å². The van der Waals surface area contributed by atoms with Gasteiger partial charge in [0.2, 0.25) is 0 Å². The van der Waals surface area contributed by atoms with Crippen molar-refractivity contribution in [2.75, 3.05) is 32.8 Å². The normalized spacial score (nSPS) is 15.0. The molecule has 0 bridgehead atoms. The summed E-state index contributed by atoms with van der Waals surface area (Å²) in [7, 11) is 0. The Balaban J connectivity index is 1.98. The number of pyridine rings is 1. The quantitative estimate of drug-likeness (QED) is 0.780. The topological polar surface area (TPSA) is 62.7 Å². The highest BCUT2D eigenvalue weighted by Gasteiger charge is 2.25. The number of nitrogens with zero attached hydrogens (tertiary/aromatic N) is 3. The second-order valence-corrected chi connectivity index (χ2v) is 5.25. The molecule has 1 aliphatic rings. The SMILES string of the molecule is CCOC(=O)N1CCN(C(=O)c2cc(Cl)nc(Cl)c2)CC1. The molecule has 0 N–H and O–H groups in total. The van der Waals surface area contributed by atoms with Crippen molar-refractivity contribution in [3.63, 3.8) is 0 Å². The Bertz CT molecular complexity index is 525. The molecular formula is C13H15Cl2N3O3. The first-order valence-corrected chi connectivity index (χ1v) is 7.31. The van der Waals surface area contributed by atoms with E-state index in [0.29, 0.717) is 38.3 Å². The summed E-state index contributed by atoms with van der Waals surface area (Å²) < 4.78 is 4.93. The number of aromatic nitrogens is 1. The average Bonchev–Trinajstić information content (AvgIpc) is 2.46. The molecule has 0 aliphatic carbocycles. The Kier molecular flexibility index (Phi) is 5.25. The fourth-order valence-electron chi connectivity index (χ4n) is 2.08. The van der Waals surface area contributed by atoms with Crippen molar-refractivity contribution in [1.82, 2.24) is 14.8 Å². The Morgan fingerprint density at radius 2 is 1.67 bits per heavy atom. The monoisotopic (exact) mass is 331 g/mol. The molecule has 8 heteroatoms. The molecule has 0 atom stereocenters. The van der Waals surface area contributed by atoms with Crippen molar-refractivity contribution in [1.29, 1.82) is 0 Å². The van der Waals surface area contributed by atoms with Gasteiger partial charge in [-0.1, -0.05) is 23.2 Å². The average molecular weight is 332 g/mol. The highest BCUT2D eigenvalue weighted by atomic mass is 35.5. The van der Waals surface area contributed by atoms with Gasteiger partial charge in [0, 0.05) is 31.7 Å². The molecule has 2 heterocycles. The number of halogens is 2. The lowest BCUT2D eigenvalue weighted by Gasteiger charge is -2.34. The van der Waals surface area contributed by atoms with Crippen LogP contribution in [0.5, 0.6) is 0 Å². The van der Waals surface area contributed by atoms with Crippen LogP contribution in [0, 0.1) is 0 Å². The first kappa shape index (κ1) is 15.9. The Labute approximate surface area is 132 Å². The highest BCUT2D eigenvalue weighted by molar-refractivity contribution is 6.33. The lowest BCUT2D eigenvalue weighted by molar-refractivity contribution is 0.0570. The van der Waals surface area contributed by atoms with Crippen LogP contribution in [0.3, 0.4) is 0 Å². The smallest absolute Gasteiger partial charge is 0.409 e. The number of amides is 2. The van der Waals surface area contributed by atoms with Crippen LogP contribution in [0.4, 0.5) is 4.79 Å². The number of carbonyl (C=O) groups excluding carboxylic acids is 2. The number of hydrogen-bond acceptors (Lipinski definition) is 4. The third-order valence-corrected chi connectivity index (χ3v) is 3.49. The van der Waals surface area contributed by atoms with Gasteiger partial charge in [-0.05, 0) is 19.1 Å². The molecule has 6 nitrogen and oxygen atoms in total. The van der Waals surface area contributed by atoms with E-state index in [-0.39, 0.29) is 22.3 Å². The fourth-order valence-corrected chi connectivity index (χ4v) is 2.54. The second-order valence-electron chi connectivity index (χ2n) is 4.48. The molecule has 0 unspecified atom stereocenters. The molecule has 2 amide bonds. The molecule has 1 aromatic rings. The molecule has 0 saturated carbocycles. The minimum Gasteiger partial charge on any atom is -0.450 e. The number of hydrogen-bond donors (Lipinski definition) is 0. The van der Waals surface area contributed by atoms with Crippen LogP contribution >= 0.6 is 23.2 Å². The van der Waals surface area contributed by atoms with Gasteiger partial charge in [0.1, 0.15) is 10.3 Å². The third kappa shape index (κ3) is 3.98. The van der Waals surface area contributed by atoms with Gasteiger partial charge in [-0.15, -0.1) is 0 Å². The fraction of sp³-hybridized carbons (Fsp3) is 0.462. The number of carbonyl (C=O) groups is 2. The summed E-state index contributed by atoms with van der Waals surface area (Å²) in [5.41, 5.74) is 0.393. The summed E-state index contributed by atoms with van der Waals surface area (Å²) in [6.45, 7) is 3.86. The van der Waals surface area contributed by atoms with Gasteiger partial charge >= 0.3 is 6.09 Å². The molecule has 0 aromatic carbocycles. The molecule has 21 heavy (non-hydrogen) atoms. The number of ether oxygens (including phenoxy) is 1. The lowest BCUT2D eigenvalue weighted by atomic mass is 10.2. The molecule has 2 rings (SSSR count). The van der Waals surface area contributed by atoms with Gasteiger partial charge in [0.25, 0.3) is 5.91 Å². The van der Waals surface area contributed by atoms with Crippen molar-refractivity contribution in [3.05, 3.63) is 28.0 Å². The zero-order valence-corrected chi connectivity index (χ0v) is 13.0. The largest absolute Gasteiger partial charge is 0.450 e. The predicted molar refractivity (Wildman–Crippen MR) is 78.8 cm³/mol. The molecule has 114 valence electrons. The van der Waals surface area contributed by atoms with E-state index < -0.39 is 0 Å². The summed E-state index contributed by atoms with van der Waals surface area (Å²) >= 11 is 11.6. The van der Waals surface area contributed by atoms with Crippen molar-refractivity contribution in [2.45, 2.75) is 6.92 Å². The molecule has 1 aliphatic heterocycles. The van der Waals surface area contributed by atoms with Crippen LogP contribution in [0.2, 0.25) is 10.3 Å². The maximum absolute atomic E-state index is 12.4. The van der Waals surface area contributed by atoms with E-state index in [2.05, 4.69) is 4.98 Å². The molecule has 1 fully saturated rings. The maximum atomic E-state index is 12.4. The standard InChI is InChI=1S/C13H15Cl2N3O3/c1-2-21-13(20)18-5-3-17(4-6-18)12(19)9-7-10(14)16-11(15)8-9/h7-8H,2-6H2,1H3. The van der Waals surface area contributed by atoms with E-state index in [1.165, 1.54) is 12.1 Å². The predicted octanol–water partition coefficient (Wildman–Crippen LogP) is 2.30. The summed E-state index contributed by atoms with van der Waals surface area (Å²) in [4.78, 5) is 31.0. The van der Waals surface area contributed by atoms with Gasteiger partial charge in [-0.2, -0.15) is 0 Å². The zero-order chi connectivity index (χ0) is 15.4. The first-order chi connectivity index (χ1) is 10.0. The van der Waals surface area contributed by atoms with Crippen molar-refractivity contribution in [2.24, 2.45) is 0 Å². The van der Waals surface area contributed by atoms with Crippen LogP contribution in [0.25, 0.3) is 0 Å². The van der Waals surface area contributed by atoms with Crippen LogP contribution in [-0.2, 0) is 4.74 Å². The van der Waals surface area contributed by atoms with Gasteiger partial charge in [0.15, 0.2) is 0 Å². The van der Waals surface area contributed by atoms with Crippen LogP contribution in [0.15, 0.2) is 12.1 Å². The lowest BCUT2D eigenvalue weighted by Crippen LogP contribution is -2.50. The summed E-state index contributed by atoms with van der Waals surface area (Å²) in [5.74, 6) is -0.176. The third-order valence-electron chi connectivity index (χ3n) is 3.10. The van der Waals surface area contributed by atoms with E-state index in [1.807, 2.05) is 0 Å². The molecule has 0 radical (unpaired) electrons. The van der Waals surface area contributed by atoms with Crippen LogP contribution in [0.1, 0.15) is 17.3 Å². The Hall–Kier alpha value is -1.53. The maximum Gasteiger partial charge on any atom is 0.409 e. The van der Waals surface area contributed by atoms with Crippen molar-refractivity contribution in [3.8, 4) is 0 Å². The van der Waals surface area contributed by atoms with Crippen LogP contribution in [-0.4, -0.2) is 59.6 Å². The van der Waals surface area contributed by atoms with Crippen LogP contribution < -0.4 is 0 Å². The minimum atomic E-state index is -0.348. The first-order valence-electron chi connectivity index (χ1n) is 6.55. The van der Waals surface area contributed by atoms with Gasteiger partial charge in [-0.3, -0.25) is 4.79 Å². The highest BCUT2D eigenvalue weighted by Crippen LogP contribution is 2.17. The second kappa shape index (κ2) is 6.95. The summed E-state index contributed by atoms with van der Waals surface area (Å²) in [6.07, 6.45) is -0.348. The molecular weight excluding hydrogens is 317 g/mol. The van der Waals surface area contributed by atoms with E-state index in [1.54, 1.807) is 16.7 Å². The van der Waals surface area contributed by atoms with Crippen molar-refractivity contribution < 1.29 is 14.3 Å². The number of rotatable bonds is 2. The Morgan fingerprint density at radius 3 is 2.19 bits per heavy atom. The zero-order valence-electron chi connectivity index (χ0n) is 11.5.